The number of aromatic nitrogens is 1. The van der Waals surface area contributed by atoms with E-state index in [2.05, 4.69) is 15.0 Å². The van der Waals surface area contributed by atoms with E-state index >= 15 is 0 Å². The summed E-state index contributed by atoms with van der Waals surface area (Å²) < 4.78 is 39.9. The van der Waals surface area contributed by atoms with Gasteiger partial charge in [0.25, 0.3) is 15.9 Å². The fourth-order valence-corrected chi connectivity index (χ4v) is 5.48. The minimum Gasteiger partial charge on any atom is -0.497 e. The predicted octanol–water partition coefficient (Wildman–Crippen LogP) is 4.68. The van der Waals surface area contributed by atoms with E-state index in [-0.39, 0.29) is 16.6 Å². The molecule has 1 aromatic heterocycles. The van der Waals surface area contributed by atoms with Crippen molar-refractivity contribution in [1.29, 1.82) is 0 Å². The lowest BCUT2D eigenvalue weighted by molar-refractivity contribution is 0.102. The predicted molar refractivity (Wildman–Crippen MR) is 129 cm³/mol. The molecule has 33 heavy (non-hydrogen) atoms. The topological polar surface area (TPSA) is 107 Å². The first-order valence-corrected chi connectivity index (χ1v) is 12.1. The van der Waals surface area contributed by atoms with E-state index in [4.69, 9.17) is 9.47 Å². The summed E-state index contributed by atoms with van der Waals surface area (Å²) in [5, 5.41) is 3.22. The van der Waals surface area contributed by atoms with E-state index in [9.17, 15) is 13.2 Å². The van der Waals surface area contributed by atoms with Crippen LogP contribution in [0.3, 0.4) is 0 Å². The zero-order valence-corrected chi connectivity index (χ0v) is 19.7. The van der Waals surface area contributed by atoms with Crippen molar-refractivity contribution < 1.29 is 22.7 Å². The van der Waals surface area contributed by atoms with Crippen molar-refractivity contribution >= 4 is 48.3 Å². The van der Waals surface area contributed by atoms with Crippen molar-refractivity contribution in [3.8, 4) is 11.5 Å². The molecule has 0 aliphatic carbocycles. The highest BCUT2D eigenvalue weighted by Crippen LogP contribution is 2.34. The fraction of sp³-hybridized carbons (Fsp3) is 0.130. The molecule has 0 fully saturated rings. The second kappa shape index (κ2) is 9.08. The van der Waals surface area contributed by atoms with E-state index in [0.29, 0.717) is 27.6 Å². The Labute approximate surface area is 195 Å². The maximum absolute atomic E-state index is 13.1. The van der Waals surface area contributed by atoms with E-state index in [1.165, 1.54) is 37.7 Å². The van der Waals surface area contributed by atoms with Crippen molar-refractivity contribution in [2.75, 3.05) is 24.3 Å². The summed E-state index contributed by atoms with van der Waals surface area (Å²) in [7, 11) is -1.10. The highest BCUT2D eigenvalue weighted by atomic mass is 32.2. The van der Waals surface area contributed by atoms with Gasteiger partial charge in [0.15, 0.2) is 5.13 Å². The molecule has 0 unspecified atom stereocenters. The first-order valence-electron chi connectivity index (χ1n) is 9.83. The van der Waals surface area contributed by atoms with Crippen LogP contribution < -0.4 is 19.5 Å². The monoisotopic (exact) mass is 483 g/mol. The van der Waals surface area contributed by atoms with Crippen LogP contribution in [0.15, 0.2) is 65.6 Å². The van der Waals surface area contributed by atoms with Gasteiger partial charge in [-0.15, -0.1) is 0 Å². The summed E-state index contributed by atoms with van der Waals surface area (Å²) in [5.74, 6) is 0.326. The highest BCUT2D eigenvalue weighted by Gasteiger charge is 2.22. The van der Waals surface area contributed by atoms with Gasteiger partial charge in [-0.3, -0.25) is 14.8 Å². The van der Waals surface area contributed by atoms with Crippen molar-refractivity contribution in [2.45, 2.75) is 11.8 Å². The lowest BCUT2D eigenvalue weighted by Crippen LogP contribution is -2.14. The molecule has 0 saturated carbocycles. The van der Waals surface area contributed by atoms with E-state index in [0.717, 1.165) is 10.3 Å². The first-order chi connectivity index (χ1) is 15.8. The maximum atomic E-state index is 13.1. The molecule has 1 heterocycles. The molecule has 4 rings (SSSR count). The highest BCUT2D eigenvalue weighted by molar-refractivity contribution is 7.92. The van der Waals surface area contributed by atoms with Gasteiger partial charge >= 0.3 is 0 Å². The summed E-state index contributed by atoms with van der Waals surface area (Å²) >= 11 is 1.26. The number of sulfonamides is 1. The number of methoxy groups -OCH3 is 2. The Kier molecular flexibility index (Phi) is 6.21. The van der Waals surface area contributed by atoms with E-state index in [1.807, 2.05) is 13.0 Å². The molecule has 170 valence electrons. The number of nitrogens with zero attached hydrogens (tertiary/aromatic N) is 1. The zero-order chi connectivity index (χ0) is 23.6. The van der Waals surface area contributed by atoms with E-state index in [1.54, 1.807) is 42.5 Å². The second-order valence-corrected chi connectivity index (χ2v) is 9.78. The number of fused-ring (bicyclic) bond motifs is 1. The summed E-state index contributed by atoms with van der Waals surface area (Å²) in [4.78, 5) is 16.9. The number of hydrogen-bond donors (Lipinski definition) is 2. The van der Waals surface area contributed by atoms with Crippen LogP contribution in [0.25, 0.3) is 10.2 Å². The molecule has 0 radical (unpaired) electrons. The van der Waals surface area contributed by atoms with Crippen LogP contribution in [0.1, 0.15) is 15.9 Å². The molecule has 0 saturated heterocycles. The number of amides is 1. The third-order valence-corrected chi connectivity index (χ3v) is 7.17. The molecule has 4 aromatic rings. The van der Waals surface area contributed by atoms with Gasteiger partial charge in [0, 0.05) is 11.6 Å². The largest absolute Gasteiger partial charge is 0.497 e. The number of ether oxygens (including phenoxy) is 2. The number of anilines is 2. The Bertz CT molecular complexity index is 1430. The molecule has 1 amide bonds. The van der Waals surface area contributed by atoms with Crippen LogP contribution >= 0.6 is 11.3 Å². The van der Waals surface area contributed by atoms with Gasteiger partial charge in [0.05, 0.1) is 30.1 Å². The Morgan fingerprint density at radius 2 is 1.76 bits per heavy atom. The normalized spacial score (nSPS) is 11.2. The number of rotatable bonds is 7. The zero-order valence-electron chi connectivity index (χ0n) is 18.1. The van der Waals surface area contributed by atoms with Gasteiger partial charge in [-0.2, -0.15) is 0 Å². The summed E-state index contributed by atoms with van der Waals surface area (Å²) in [6.07, 6.45) is 0. The summed E-state index contributed by atoms with van der Waals surface area (Å²) in [5.41, 5.74) is 2.34. The van der Waals surface area contributed by atoms with Crippen LogP contribution in [0.4, 0.5) is 10.8 Å². The molecule has 2 N–H and O–H groups in total. The average molecular weight is 484 g/mol. The maximum Gasteiger partial charge on any atom is 0.265 e. The molecule has 0 spiro atoms. The number of aryl methyl sites for hydroxylation is 1. The molecule has 0 aliphatic heterocycles. The molecule has 0 aliphatic rings. The lowest BCUT2D eigenvalue weighted by atomic mass is 10.2. The summed E-state index contributed by atoms with van der Waals surface area (Å²) in [6, 6.07) is 16.8. The average Bonchev–Trinajstić information content (AvgIpc) is 3.21. The van der Waals surface area contributed by atoms with Gasteiger partial charge in [-0.05, 0) is 48.9 Å². The smallest absolute Gasteiger partial charge is 0.265 e. The molecule has 8 nitrogen and oxygen atoms in total. The number of carbonyl (C=O) groups is 1. The van der Waals surface area contributed by atoms with Crippen LogP contribution in [-0.2, 0) is 10.0 Å². The third-order valence-electron chi connectivity index (χ3n) is 4.85. The Morgan fingerprint density at radius 3 is 2.45 bits per heavy atom. The second-order valence-electron chi connectivity index (χ2n) is 7.10. The van der Waals surface area contributed by atoms with Crippen LogP contribution in [0.2, 0.25) is 0 Å². The molecule has 0 bridgehead atoms. The van der Waals surface area contributed by atoms with Gasteiger partial charge in [-0.1, -0.05) is 29.5 Å². The minimum atomic E-state index is -3.96. The van der Waals surface area contributed by atoms with Crippen LogP contribution in [0, 0.1) is 6.92 Å². The lowest BCUT2D eigenvalue weighted by Gasteiger charge is -2.13. The molecule has 0 atom stereocenters. The number of benzene rings is 3. The molecular weight excluding hydrogens is 462 g/mol. The van der Waals surface area contributed by atoms with Crippen molar-refractivity contribution in [2.24, 2.45) is 0 Å². The van der Waals surface area contributed by atoms with Crippen molar-refractivity contribution in [3.63, 3.8) is 0 Å². The Hall–Kier alpha value is -3.63. The molecule has 10 heteroatoms. The SMILES string of the molecule is COc1ccc(OC)c(S(=O)(=O)Nc2cc(C)c3nc(NC(=O)c4ccccc4)sc3c2)c1. The quantitative estimate of drug-likeness (QED) is 0.395. The van der Waals surface area contributed by atoms with Crippen LogP contribution in [-0.4, -0.2) is 33.5 Å². The third kappa shape index (κ3) is 4.76. The number of hydrogen-bond acceptors (Lipinski definition) is 7. The number of carbonyl (C=O) groups excluding carboxylic acids is 1. The standard InChI is InChI=1S/C23H21N3O5S2/c1-14-11-16(26-33(28,29)20-13-17(30-2)9-10-18(20)31-3)12-19-21(14)24-23(32-19)25-22(27)15-7-5-4-6-8-15/h4-13,26H,1-3H3,(H,24,25,27). The minimum absolute atomic E-state index is 0.0396. The molecular formula is C23H21N3O5S2. The first kappa shape index (κ1) is 22.6. The van der Waals surface area contributed by atoms with Gasteiger partial charge in [-0.25, -0.2) is 13.4 Å². The van der Waals surface area contributed by atoms with Crippen molar-refractivity contribution in [1.82, 2.24) is 4.98 Å². The summed E-state index contributed by atoms with van der Waals surface area (Å²) in [6.45, 7) is 1.83. The van der Waals surface area contributed by atoms with Crippen LogP contribution in [0.5, 0.6) is 11.5 Å². The van der Waals surface area contributed by atoms with Gasteiger partial charge in [0.1, 0.15) is 16.4 Å². The number of nitrogens with one attached hydrogen (secondary N) is 2. The molecule has 3 aromatic carbocycles. The Balaban J connectivity index is 1.64. The van der Waals surface area contributed by atoms with Gasteiger partial charge < -0.3 is 9.47 Å². The fourth-order valence-electron chi connectivity index (χ4n) is 3.27. The van der Waals surface area contributed by atoms with E-state index < -0.39 is 10.0 Å². The van der Waals surface area contributed by atoms with Gasteiger partial charge in [0.2, 0.25) is 0 Å². The number of thiazole rings is 1. The Morgan fingerprint density at radius 1 is 1.00 bits per heavy atom. The van der Waals surface area contributed by atoms with Crippen molar-refractivity contribution in [3.05, 3.63) is 71.8 Å².